The number of halogens is 4. The molecule has 6 heteroatoms. The highest BCUT2D eigenvalue weighted by atomic mass is 35.5. The zero-order valence-corrected chi connectivity index (χ0v) is 18.2. The summed E-state index contributed by atoms with van der Waals surface area (Å²) in [7, 11) is 0. The van der Waals surface area contributed by atoms with Crippen LogP contribution in [-0.4, -0.2) is 11.2 Å². The Morgan fingerprint density at radius 1 is 0.875 bits per heavy atom. The summed E-state index contributed by atoms with van der Waals surface area (Å²) < 4.78 is 39.5. The Kier molecular flexibility index (Phi) is 5.47. The van der Waals surface area contributed by atoms with Crippen molar-refractivity contribution in [2.24, 2.45) is 0 Å². The third-order valence-electron chi connectivity index (χ3n) is 5.87. The summed E-state index contributed by atoms with van der Waals surface area (Å²) in [4.78, 5) is 6.66. The van der Waals surface area contributed by atoms with Gasteiger partial charge in [0.15, 0.2) is 6.21 Å². The molecule has 0 radical (unpaired) electrons. The lowest BCUT2D eigenvalue weighted by Gasteiger charge is -2.14. The van der Waals surface area contributed by atoms with E-state index in [1.54, 1.807) is 12.1 Å². The molecule has 5 rings (SSSR count). The Bertz CT molecular complexity index is 1380. The number of fused-ring (bicyclic) bond motifs is 2. The number of allylic oxidation sites excluding steroid dienone is 1. The van der Waals surface area contributed by atoms with Gasteiger partial charge in [-0.3, -0.25) is 0 Å². The van der Waals surface area contributed by atoms with Crippen LogP contribution in [0.4, 0.5) is 18.9 Å². The molecule has 0 saturated carbocycles. The van der Waals surface area contributed by atoms with Gasteiger partial charge in [0, 0.05) is 34.3 Å². The maximum Gasteiger partial charge on any atom is 0.416 e. The first-order chi connectivity index (χ1) is 14.8. The molecule has 2 heterocycles. The van der Waals surface area contributed by atoms with Crippen molar-refractivity contribution in [3.05, 3.63) is 100 Å². The molecule has 2 nitrogen and oxygen atoms in total. The second-order valence-electron chi connectivity index (χ2n) is 7.85. The van der Waals surface area contributed by atoms with Crippen molar-refractivity contribution in [3.63, 3.8) is 0 Å². The van der Waals surface area contributed by atoms with Crippen molar-refractivity contribution in [2.75, 3.05) is 0 Å². The summed E-state index contributed by atoms with van der Waals surface area (Å²) in [5.41, 5.74) is 8.20. The Balaban J connectivity index is 0.00000245. The highest BCUT2D eigenvalue weighted by Gasteiger charge is 2.31. The van der Waals surface area contributed by atoms with Crippen molar-refractivity contribution in [2.45, 2.75) is 20.0 Å². The number of aryl methyl sites for hydroxylation is 2. The van der Waals surface area contributed by atoms with E-state index < -0.39 is 11.7 Å². The topological polar surface area (TPSA) is 29.8 Å². The van der Waals surface area contributed by atoms with Gasteiger partial charge in [-0.15, -0.1) is 0 Å². The van der Waals surface area contributed by atoms with Gasteiger partial charge in [0.25, 0.3) is 0 Å². The molecule has 162 valence electrons. The fourth-order valence-corrected chi connectivity index (χ4v) is 4.41. The quantitative estimate of drug-likeness (QED) is 0.468. The van der Waals surface area contributed by atoms with Crippen molar-refractivity contribution in [1.82, 2.24) is 4.98 Å². The lowest BCUT2D eigenvalue weighted by Crippen LogP contribution is -3.00. The summed E-state index contributed by atoms with van der Waals surface area (Å²) in [5, 5.41) is 1.07. The fraction of sp³-hybridized carbons (Fsp3) is 0.115. The average Bonchev–Trinajstić information content (AvgIpc) is 3.35. The molecule has 0 unspecified atom stereocenters. The highest BCUT2D eigenvalue weighted by molar-refractivity contribution is 6.25. The molecule has 1 aliphatic rings. The van der Waals surface area contributed by atoms with Crippen molar-refractivity contribution < 1.29 is 30.6 Å². The minimum Gasteiger partial charge on any atom is -1.00 e. The van der Waals surface area contributed by atoms with Gasteiger partial charge in [-0.05, 0) is 48.7 Å². The van der Waals surface area contributed by atoms with Crippen LogP contribution in [0.2, 0.25) is 0 Å². The molecule has 0 spiro atoms. The predicted octanol–water partition coefficient (Wildman–Crippen LogP) is 2.56. The standard InChI is InChI=1S/C26H19F3N2.ClH/c1-15-5-3-7-21-23(15)19(13-30-21)25(17-9-11-18(12-10-17)26(27,28)29)20-14-31-22-8-4-6-16(2)24(20)22;/h3-14,30H,1-2H3;1H/b25-20+;. The van der Waals surface area contributed by atoms with E-state index in [0.717, 1.165) is 67.7 Å². The number of rotatable bonds is 2. The lowest BCUT2D eigenvalue weighted by molar-refractivity contribution is -0.342. The van der Waals surface area contributed by atoms with E-state index in [4.69, 9.17) is 0 Å². The number of aromatic nitrogens is 1. The summed E-state index contributed by atoms with van der Waals surface area (Å²) in [6, 6.07) is 17.5. The van der Waals surface area contributed by atoms with E-state index >= 15 is 0 Å². The maximum atomic E-state index is 13.2. The second-order valence-corrected chi connectivity index (χ2v) is 7.85. The smallest absolute Gasteiger partial charge is 0.416 e. The number of aromatic amines is 1. The third kappa shape index (κ3) is 3.53. The molecule has 1 aromatic heterocycles. The number of nitrogens with one attached hydrogen (secondary N) is 2. The zero-order valence-electron chi connectivity index (χ0n) is 17.4. The SMILES string of the molecule is Cc1cccc2c1/C(=C(\c1ccc(C(F)(F)F)cc1)c1c[nH]c3cccc(C)c13)C=[NH+]2.[Cl-]. The summed E-state index contributed by atoms with van der Waals surface area (Å²) in [5.74, 6) is 0. The molecule has 3 aromatic carbocycles. The monoisotopic (exact) mass is 452 g/mol. The van der Waals surface area contributed by atoms with Gasteiger partial charge in [-0.2, -0.15) is 13.2 Å². The highest BCUT2D eigenvalue weighted by Crippen LogP contribution is 2.40. The molecule has 0 amide bonds. The molecule has 2 N–H and O–H groups in total. The number of hydrogen-bond acceptors (Lipinski definition) is 0. The van der Waals surface area contributed by atoms with Crippen LogP contribution >= 0.6 is 0 Å². The minimum atomic E-state index is -4.37. The van der Waals surface area contributed by atoms with E-state index in [-0.39, 0.29) is 12.4 Å². The molecule has 0 atom stereocenters. The lowest BCUT2D eigenvalue weighted by atomic mass is 9.87. The number of H-pyrrole nitrogens is 1. The van der Waals surface area contributed by atoms with Crippen LogP contribution in [0.3, 0.4) is 0 Å². The Morgan fingerprint density at radius 3 is 2.28 bits per heavy atom. The Morgan fingerprint density at radius 2 is 1.56 bits per heavy atom. The third-order valence-corrected chi connectivity index (χ3v) is 5.87. The second kappa shape index (κ2) is 7.99. The van der Waals surface area contributed by atoms with Gasteiger partial charge in [0.05, 0.1) is 16.7 Å². The summed E-state index contributed by atoms with van der Waals surface area (Å²) >= 11 is 0. The van der Waals surface area contributed by atoms with Crippen LogP contribution < -0.4 is 17.4 Å². The molecule has 0 bridgehead atoms. The van der Waals surface area contributed by atoms with Gasteiger partial charge >= 0.3 is 6.18 Å². The minimum absolute atomic E-state index is 0. The molecule has 32 heavy (non-hydrogen) atoms. The number of benzene rings is 3. The number of alkyl halides is 3. The molecule has 4 aromatic rings. The zero-order chi connectivity index (χ0) is 21.8. The van der Waals surface area contributed by atoms with Gasteiger partial charge in [0.1, 0.15) is 0 Å². The van der Waals surface area contributed by atoms with E-state index in [0.29, 0.717) is 0 Å². The van der Waals surface area contributed by atoms with Gasteiger partial charge in [-0.1, -0.05) is 36.4 Å². The van der Waals surface area contributed by atoms with Crippen LogP contribution in [0.1, 0.15) is 33.4 Å². The molecule has 1 aliphatic heterocycles. The molecule has 0 fully saturated rings. The largest absolute Gasteiger partial charge is 1.00 e. The number of hydrogen-bond donors (Lipinski definition) is 2. The van der Waals surface area contributed by atoms with Crippen LogP contribution in [0.25, 0.3) is 22.0 Å². The van der Waals surface area contributed by atoms with E-state index in [1.807, 2.05) is 62.7 Å². The molecule has 0 aliphatic carbocycles. The fourth-order valence-electron chi connectivity index (χ4n) is 4.41. The molecule has 0 saturated heterocycles. The normalized spacial score (nSPS) is 14.4. The van der Waals surface area contributed by atoms with Crippen molar-refractivity contribution in [1.29, 1.82) is 0 Å². The van der Waals surface area contributed by atoms with E-state index in [2.05, 4.69) is 9.98 Å². The van der Waals surface area contributed by atoms with Crippen LogP contribution in [0, 0.1) is 13.8 Å². The van der Waals surface area contributed by atoms with Crippen LogP contribution in [0.5, 0.6) is 0 Å². The van der Waals surface area contributed by atoms with Crippen molar-refractivity contribution in [3.8, 4) is 0 Å². The van der Waals surface area contributed by atoms with Crippen LogP contribution in [-0.2, 0) is 6.18 Å². The maximum absolute atomic E-state index is 13.2. The Hall–Kier alpha value is -3.31. The predicted molar refractivity (Wildman–Crippen MR) is 118 cm³/mol. The first-order valence-electron chi connectivity index (χ1n) is 10.0. The summed E-state index contributed by atoms with van der Waals surface area (Å²) in [6.45, 7) is 4.09. The first kappa shape index (κ1) is 21.9. The van der Waals surface area contributed by atoms with Gasteiger partial charge in [-0.25, -0.2) is 4.99 Å². The average molecular weight is 453 g/mol. The van der Waals surface area contributed by atoms with Gasteiger partial charge in [0.2, 0.25) is 5.69 Å². The van der Waals surface area contributed by atoms with Crippen LogP contribution in [0.15, 0.2) is 66.9 Å². The summed E-state index contributed by atoms with van der Waals surface area (Å²) in [6.07, 6.45) is -0.475. The van der Waals surface area contributed by atoms with E-state index in [1.165, 1.54) is 0 Å². The van der Waals surface area contributed by atoms with Gasteiger partial charge < -0.3 is 17.4 Å². The molecular weight excluding hydrogens is 433 g/mol. The molecular formula is C26H20ClF3N2. The van der Waals surface area contributed by atoms with E-state index in [9.17, 15) is 13.2 Å². The van der Waals surface area contributed by atoms with Crippen molar-refractivity contribution >= 4 is 34.0 Å². The first-order valence-corrected chi connectivity index (χ1v) is 10.0. The Labute approximate surface area is 189 Å².